The summed E-state index contributed by atoms with van der Waals surface area (Å²) in [4.78, 5) is 16.8. The van der Waals surface area contributed by atoms with E-state index in [1.54, 1.807) is 0 Å². The number of nitrogens with zero attached hydrogens (tertiary/aromatic N) is 2. The Morgan fingerprint density at radius 2 is 1.86 bits per heavy atom. The number of hydrogen-bond donors (Lipinski definition) is 0. The first-order valence-electron chi connectivity index (χ1n) is 7.81. The number of hydrogen-bond acceptors (Lipinski definition) is 2. The molecule has 0 aromatic heterocycles. The van der Waals surface area contributed by atoms with Gasteiger partial charge < -0.3 is 4.90 Å². The topological polar surface area (TPSA) is 23.6 Å². The van der Waals surface area contributed by atoms with E-state index in [2.05, 4.69) is 25.8 Å². The molecule has 4 heteroatoms. The van der Waals surface area contributed by atoms with Crippen molar-refractivity contribution in [3.05, 3.63) is 35.6 Å². The Kier molecular flexibility index (Phi) is 5.34. The van der Waals surface area contributed by atoms with E-state index in [0.29, 0.717) is 6.54 Å². The lowest BCUT2D eigenvalue weighted by molar-refractivity contribution is -0.138. The predicted molar refractivity (Wildman–Crippen MR) is 82.4 cm³/mol. The molecule has 0 saturated carbocycles. The first-order chi connectivity index (χ1) is 10.1. The molecule has 0 aliphatic carbocycles. The molecule has 2 rings (SSSR count). The number of halogens is 1. The fraction of sp³-hybridized carbons (Fsp3) is 0.588. The molecule has 116 valence electrons. The smallest absolute Gasteiger partial charge is 0.225 e. The molecule has 21 heavy (non-hydrogen) atoms. The van der Waals surface area contributed by atoms with Gasteiger partial charge in [0.15, 0.2) is 0 Å². The van der Waals surface area contributed by atoms with Gasteiger partial charge in [-0.1, -0.05) is 26.0 Å². The molecule has 1 aliphatic heterocycles. The SMILES string of the molecule is CCC(CC)C(=O)N1CCN(C)C(c2ccc(F)cc2)C1. The Hall–Kier alpha value is -1.42. The Morgan fingerprint density at radius 1 is 1.24 bits per heavy atom. The fourth-order valence-corrected chi connectivity index (χ4v) is 3.01. The molecular formula is C17H25FN2O. The van der Waals surface area contributed by atoms with Gasteiger partial charge in [0.05, 0.1) is 6.04 Å². The zero-order valence-electron chi connectivity index (χ0n) is 13.2. The van der Waals surface area contributed by atoms with Crippen LogP contribution in [0.5, 0.6) is 0 Å². The second-order valence-electron chi connectivity index (χ2n) is 5.85. The monoisotopic (exact) mass is 292 g/mol. The summed E-state index contributed by atoms with van der Waals surface area (Å²) in [6.45, 7) is 6.47. The zero-order chi connectivity index (χ0) is 15.4. The van der Waals surface area contributed by atoms with Gasteiger partial charge in [0.1, 0.15) is 5.82 Å². The van der Waals surface area contributed by atoms with Crippen LogP contribution in [-0.2, 0) is 4.79 Å². The van der Waals surface area contributed by atoms with Crippen molar-refractivity contribution in [3.63, 3.8) is 0 Å². The molecule has 0 radical (unpaired) electrons. The second kappa shape index (κ2) is 7.03. The Balaban J connectivity index is 2.12. The van der Waals surface area contributed by atoms with Gasteiger partial charge in [-0.2, -0.15) is 0 Å². The Morgan fingerprint density at radius 3 is 2.43 bits per heavy atom. The third-order valence-electron chi connectivity index (χ3n) is 4.55. The van der Waals surface area contributed by atoms with Crippen LogP contribution in [0.1, 0.15) is 38.3 Å². The summed E-state index contributed by atoms with van der Waals surface area (Å²) in [7, 11) is 2.06. The Bertz CT molecular complexity index is 470. The highest BCUT2D eigenvalue weighted by Crippen LogP contribution is 2.26. The van der Waals surface area contributed by atoms with Crippen molar-refractivity contribution in [1.82, 2.24) is 9.80 Å². The first-order valence-corrected chi connectivity index (χ1v) is 7.81. The number of piperazine rings is 1. The average molecular weight is 292 g/mol. The summed E-state index contributed by atoms with van der Waals surface area (Å²) in [5, 5.41) is 0. The molecule has 1 aliphatic rings. The summed E-state index contributed by atoms with van der Waals surface area (Å²) < 4.78 is 13.1. The minimum absolute atomic E-state index is 0.127. The van der Waals surface area contributed by atoms with Crippen molar-refractivity contribution in [2.24, 2.45) is 5.92 Å². The fourth-order valence-electron chi connectivity index (χ4n) is 3.01. The number of carbonyl (C=O) groups is 1. The number of benzene rings is 1. The maximum Gasteiger partial charge on any atom is 0.225 e. The molecule has 3 nitrogen and oxygen atoms in total. The molecule has 0 spiro atoms. The van der Waals surface area contributed by atoms with E-state index in [1.165, 1.54) is 12.1 Å². The maximum absolute atomic E-state index is 13.1. The standard InChI is InChI=1S/C17H25FN2O/c1-4-13(5-2)17(21)20-11-10-19(3)16(12-20)14-6-8-15(18)9-7-14/h6-9,13,16H,4-5,10-12H2,1-3H3. The molecule has 1 saturated heterocycles. The Labute approximate surface area is 126 Å². The van der Waals surface area contributed by atoms with Gasteiger partial charge in [-0.15, -0.1) is 0 Å². The maximum atomic E-state index is 13.1. The van der Waals surface area contributed by atoms with Crippen LogP contribution in [0.15, 0.2) is 24.3 Å². The molecule has 1 aromatic carbocycles. The van der Waals surface area contributed by atoms with E-state index in [-0.39, 0.29) is 23.7 Å². The van der Waals surface area contributed by atoms with Crippen molar-refractivity contribution in [2.75, 3.05) is 26.7 Å². The molecule has 1 aromatic rings. The summed E-state index contributed by atoms with van der Waals surface area (Å²) in [6.07, 6.45) is 1.78. The third kappa shape index (κ3) is 3.62. The van der Waals surface area contributed by atoms with E-state index >= 15 is 0 Å². The highest BCUT2D eigenvalue weighted by Gasteiger charge is 2.30. The van der Waals surface area contributed by atoms with E-state index < -0.39 is 0 Å². The van der Waals surface area contributed by atoms with Crippen LogP contribution < -0.4 is 0 Å². The largest absolute Gasteiger partial charge is 0.339 e. The van der Waals surface area contributed by atoms with E-state index in [0.717, 1.165) is 31.5 Å². The number of carbonyl (C=O) groups excluding carboxylic acids is 1. The van der Waals surface area contributed by atoms with Crippen molar-refractivity contribution in [1.29, 1.82) is 0 Å². The number of amides is 1. The molecule has 1 unspecified atom stereocenters. The average Bonchev–Trinajstić information content (AvgIpc) is 2.50. The van der Waals surface area contributed by atoms with Gasteiger partial charge in [-0.3, -0.25) is 9.69 Å². The summed E-state index contributed by atoms with van der Waals surface area (Å²) in [5.74, 6) is 0.171. The van der Waals surface area contributed by atoms with E-state index in [1.807, 2.05) is 17.0 Å². The highest BCUT2D eigenvalue weighted by atomic mass is 19.1. The van der Waals surface area contributed by atoms with Gasteiger partial charge in [0, 0.05) is 25.6 Å². The normalized spacial score (nSPS) is 20.0. The summed E-state index contributed by atoms with van der Waals surface area (Å²) in [5.41, 5.74) is 1.07. The van der Waals surface area contributed by atoms with Crippen molar-refractivity contribution >= 4 is 5.91 Å². The quantitative estimate of drug-likeness (QED) is 0.851. The lowest BCUT2D eigenvalue weighted by atomic mass is 9.98. The van der Waals surface area contributed by atoms with Gasteiger partial charge in [-0.05, 0) is 37.6 Å². The summed E-state index contributed by atoms with van der Waals surface area (Å²) >= 11 is 0. The summed E-state index contributed by atoms with van der Waals surface area (Å²) in [6, 6.07) is 6.77. The predicted octanol–water partition coefficient (Wildman–Crippen LogP) is 3.08. The van der Waals surface area contributed by atoms with Crippen LogP contribution in [0, 0.1) is 11.7 Å². The van der Waals surface area contributed by atoms with E-state index in [4.69, 9.17) is 0 Å². The number of rotatable bonds is 4. The molecule has 1 heterocycles. The highest BCUT2D eigenvalue weighted by molar-refractivity contribution is 5.79. The zero-order valence-corrected chi connectivity index (χ0v) is 13.2. The lowest BCUT2D eigenvalue weighted by Crippen LogP contribution is -2.50. The lowest BCUT2D eigenvalue weighted by Gasteiger charge is -2.40. The minimum atomic E-state index is -0.220. The van der Waals surface area contributed by atoms with Crippen molar-refractivity contribution in [3.8, 4) is 0 Å². The first kappa shape index (κ1) is 16.0. The van der Waals surface area contributed by atoms with Gasteiger partial charge in [-0.25, -0.2) is 4.39 Å². The van der Waals surface area contributed by atoms with Crippen LogP contribution in [-0.4, -0.2) is 42.4 Å². The van der Waals surface area contributed by atoms with Crippen LogP contribution in [0.25, 0.3) is 0 Å². The van der Waals surface area contributed by atoms with Gasteiger partial charge >= 0.3 is 0 Å². The molecular weight excluding hydrogens is 267 g/mol. The molecule has 0 N–H and O–H groups in total. The van der Waals surface area contributed by atoms with Crippen LogP contribution >= 0.6 is 0 Å². The van der Waals surface area contributed by atoms with Gasteiger partial charge in [0.25, 0.3) is 0 Å². The van der Waals surface area contributed by atoms with Crippen LogP contribution in [0.3, 0.4) is 0 Å². The van der Waals surface area contributed by atoms with Crippen molar-refractivity contribution in [2.45, 2.75) is 32.7 Å². The second-order valence-corrected chi connectivity index (χ2v) is 5.85. The molecule has 1 atom stereocenters. The molecule has 1 amide bonds. The van der Waals surface area contributed by atoms with Gasteiger partial charge in [0.2, 0.25) is 5.91 Å². The molecule has 0 bridgehead atoms. The molecule has 1 fully saturated rings. The van der Waals surface area contributed by atoms with Crippen LogP contribution in [0.2, 0.25) is 0 Å². The van der Waals surface area contributed by atoms with E-state index in [9.17, 15) is 9.18 Å². The van der Waals surface area contributed by atoms with Crippen LogP contribution in [0.4, 0.5) is 4.39 Å². The third-order valence-corrected chi connectivity index (χ3v) is 4.55. The number of likely N-dealkylation sites (N-methyl/N-ethyl adjacent to an activating group) is 1. The minimum Gasteiger partial charge on any atom is -0.339 e. The van der Waals surface area contributed by atoms with Crippen molar-refractivity contribution < 1.29 is 9.18 Å².